The lowest BCUT2D eigenvalue weighted by Gasteiger charge is -2.12. The third-order valence-corrected chi connectivity index (χ3v) is 3.59. The number of H-pyrrole nitrogens is 2. The number of fused-ring (bicyclic) bond motifs is 2. The minimum Gasteiger partial charge on any atom is -0.454 e. The molecule has 25 heavy (non-hydrogen) atoms. The molecule has 0 aliphatic carbocycles. The molecule has 2 amide bonds. The van der Waals surface area contributed by atoms with Crippen LogP contribution in [0.2, 0.25) is 0 Å². The smallest absolute Gasteiger partial charge is 0.325 e. The highest BCUT2D eigenvalue weighted by Gasteiger charge is 2.12. The Bertz CT molecular complexity index is 1160. The normalized spacial score (nSPS) is 10.9. The third kappa shape index (κ3) is 2.63. The van der Waals surface area contributed by atoms with Crippen molar-refractivity contribution in [2.24, 2.45) is 5.73 Å². The Morgan fingerprint density at radius 3 is 2.80 bits per heavy atom. The zero-order valence-corrected chi connectivity index (χ0v) is 12.7. The number of amides is 2. The van der Waals surface area contributed by atoms with Crippen molar-refractivity contribution in [1.82, 2.24) is 19.9 Å². The van der Waals surface area contributed by atoms with E-state index in [0.29, 0.717) is 39.3 Å². The van der Waals surface area contributed by atoms with E-state index in [1.165, 1.54) is 6.20 Å². The summed E-state index contributed by atoms with van der Waals surface area (Å²) in [5.74, 6) is 0.941. The van der Waals surface area contributed by atoms with Crippen molar-refractivity contribution in [2.75, 3.05) is 5.32 Å². The van der Waals surface area contributed by atoms with Crippen molar-refractivity contribution >= 4 is 33.8 Å². The van der Waals surface area contributed by atoms with Crippen molar-refractivity contribution in [3.8, 4) is 11.5 Å². The van der Waals surface area contributed by atoms with Crippen LogP contribution in [0.4, 0.5) is 10.5 Å². The summed E-state index contributed by atoms with van der Waals surface area (Å²) in [6, 6.07) is 7.86. The van der Waals surface area contributed by atoms with E-state index in [1.807, 2.05) is 6.07 Å². The molecule has 1 aromatic carbocycles. The molecule has 9 nitrogen and oxygen atoms in total. The molecule has 0 fully saturated rings. The van der Waals surface area contributed by atoms with Gasteiger partial charge in [-0.3, -0.25) is 9.97 Å². The van der Waals surface area contributed by atoms with Crippen LogP contribution in [0.25, 0.3) is 22.1 Å². The van der Waals surface area contributed by atoms with Gasteiger partial charge in [0.25, 0.3) is 0 Å². The molecule has 0 saturated carbocycles. The number of carbonyl (C=O) groups excluding carboxylic acids is 1. The fraction of sp³-hybridized carbons (Fsp3) is 0. The third-order valence-electron chi connectivity index (χ3n) is 3.59. The van der Waals surface area contributed by atoms with Crippen molar-refractivity contribution in [3.63, 3.8) is 0 Å². The van der Waals surface area contributed by atoms with Crippen LogP contribution < -0.4 is 21.5 Å². The van der Waals surface area contributed by atoms with Crippen LogP contribution in [-0.4, -0.2) is 26.0 Å². The second-order valence-electron chi connectivity index (χ2n) is 5.21. The average molecular weight is 336 g/mol. The Morgan fingerprint density at radius 2 is 1.96 bits per heavy atom. The molecule has 3 heterocycles. The van der Waals surface area contributed by atoms with Gasteiger partial charge in [0, 0.05) is 23.8 Å². The number of nitrogens with zero attached hydrogens (tertiary/aromatic N) is 2. The van der Waals surface area contributed by atoms with Crippen LogP contribution in [0.5, 0.6) is 11.5 Å². The van der Waals surface area contributed by atoms with E-state index in [2.05, 4.69) is 25.3 Å². The first kappa shape index (κ1) is 14.7. The summed E-state index contributed by atoms with van der Waals surface area (Å²) in [6.07, 6.45) is 3.14. The first-order chi connectivity index (χ1) is 12.1. The number of pyridine rings is 2. The van der Waals surface area contributed by atoms with Crippen LogP contribution in [0.3, 0.4) is 0 Å². The van der Waals surface area contributed by atoms with E-state index >= 15 is 0 Å². The predicted octanol–water partition coefficient (Wildman–Crippen LogP) is 2.08. The Hall–Kier alpha value is -3.88. The zero-order chi connectivity index (χ0) is 17.4. The van der Waals surface area contributed by atoms with Crippen LogP contribution >= 0.6 is 0 Å². The molecule has 0 radical (unpaired) electrons. The van der Waals surface area contributed by atoms with E-state index in [1.54, 1.807) is 30.5 Å². The van der Waals surface area contributed by atoms with E-state index < -0.39 is 6.03 Å². The molecule has 124 valence electrons. The maximum Gasteiger partial charge on any atom is 0.325 e. The van der Waals surface area contributed by atoms with Gasteiger partial charge >= 0.3 is 11.7 Å². The van der Waals surface area contributed by atoms with Gasteiger partial charge in [-0.2, -0.15) is 0 Å². The average Bonchev–Trinajstić information content (AvgIpc) is 2.98. The quantitative estimate of drug-likeness (QED) is 0.453. The van der Waals surface area contributed by atoms with Gasteiger partial charge in [0.15, 0.2) is 11.4 Å². The minimum absolute atomic E-state index is 0.369. The fourth-order valence-corrected chi connectivity index (χ4v) is 2.58. The zero-order valence-electron chi connectivity index (χ0n) is 12.7. The summed E-state index contributed by atoms with van der Waals surface area (Å²) in [4.78, 5) is 36.2. The number of hydrogen-bond donors (Lipinski definition) is 4. The highest BCUT2D eigenvalue weighted by atomic mass is 16.5. The molecule has 5 N–H and O–H groups in total. The monoisotopic (exact) mass is 336 g/mol. The summed E-state index contributed by atoms with van der Waals surface area (Å²) >= 11 is 0. The maximum atomic E-state index is 11.5. The van der Waals surface area contributed by atoms with E-state index in [4.69, 9.17) is 10.5 Å². The summed E-state index contributed by atoms with van der Waals surface area (Å²) in [7, 11) is 0. The largest absolute Gasteiger partial charge is 0.454 e. The molecule has 0 unspecified atom stereocenters. The molecular formula is C16H12N6O3. The number of urea groups is 1. The molecular weight excluding hydrogens is 324 g/mol. The van der Waals surface area contributed by atoms with Crippen LogP contribution in [0.15, 0.2) is 47.5 Å². The lowest BCUT2D eigenvalue weighted by molar-refractivity contribution is 0.259. The topological polar surface area (TPSA) is 139 Å². The second kappa shape index (κ2) is 5.64. The van der Waals surface area contributed by atoms with Crippen molar-refractivity contribution in [2.45, 2.75) is 0 Å². The summed E-state index contributed by atoms with van der Waals surface area (Å²) < 4.78 is 5.96. The number of anilines is 1. The standard InChI is InChI=1S/C16H12N6O3/c17-15(23)20-9-3-4-10(8-2-1-6-18-12(8)9)25-11-5-7-19-14-13(11)21-16(24)22-14/h1-7H,(H3,17,20,23)(H2,19,21,22,24). The number of carbonyl (C=O) groups is 1. The summed E-state index contributed by atoms with van der Waals surface area (Å²) in [6.45, 7) is 0. The van der Waals surface area contributed by atoms with Crippen LogP contribution in [-0.2, 0) is 0 Å². The molecule has 0 spiro atoms. The summed E-state index contributed by atoms with van der Waals surface area (Å²) in [5, 5.41) is 3.21. The van der Waals surface area contributed by atoms with Gasteiger partial charge < -0.3 is 20.8 Å². The maximum absolute atomic E-state index is 11.5. The van der Waals surface area contributed by atoms with E-state index in [0.717, 1.165) is 0 Å². The molecule has 0 aliphatic rings. The second-order valence-corrected chi connectivity index (χ2v) is 5.21. The SMILES string of the molecule is NC(=O)Nc1ccc(Oc2ccnc3[nH]c(=O)[nH]c23)c2cccnc12. The number of aromatic nitrogens is 4. The summed E-state index contributed by atoms with van der Waals surface area (Å²) in [5.41, 5.74) is 6.69. The Labute approximate surface area is 139 Å². The molecule has 3 aromatic heterocycles. The molecule has 0 aliphatic heterocycles. The highest BCUT2D eigenvalue weighted by Crippen LogP contribution is 2.34. The van der Waals surface area contributed by atoms with Crippen molar-refractivity contribution in [1.29, 1.82) is 0 Å². The molecule has 0 bridgehead atoms. The van der Waals surface area contributed by atoms with Gasteiger partial charge in [-0.15, -0.1) is 0 Å². The number of hydrogen-bond acceptors (Lipinski definition) is 5. The van der Waals surface area contributed by atoms with Crippen LogP contribution in [0.1, 0.15) is 0 Å². The molecule has 9 heteroatoms. The van der Waals surface area contributed by atoms with Gasteiger partial charge in [-0.25, -0.2) is 14.6 Å². The van der Waals surface area contributed by atoms with Gasteiger partial charge in [0.2, 0.25) is 0 Å². The van der Waals surface area contributed by atoms with Gasteiger partial charge in [0.05, 0.1) is 11.2 Å². The van der Waals surface area contributed by atoms with E-state index in [9.17, 15) is 9.59 Å². The lowest BCUT2D eigenvalue weighted by atomic mass is 10.1. The highest BCUT2D eigenvalue weighted by molar-refractivity contribution is 6.01. The number of imidazole rings is 1. The number of nitrogens with one attached hydrogen (secondary N) is 3. The minimum atomic E-state index is -0.679. The number of benzene rings is 1. The first-order valence-corrected chi connectivity index (χ1v) is 7.31. The van der Waals surface area contributed by atoms with Crippen molar-refractivity contribution in [3.05, 3.63) is 53.2 Å². The van der Waals surface area contributed by atoms with Gasteiger partial charge in [0.1, 0.15) is 11.3 Å². The molecule has 0 saturated heterocycles. The van der Waals surface area contributed by atoms with Gasteiger partial charge in [-0.1, -0.05) is 0 Å². The Kier molecular flexibility index (Phi) is 3.31. The van der Waals surface area contributed by atoms with E-state index in [-0.39, 0.29) is 5.69 Å². The van der Waals surface area contributed by atoms with Gasteiger partial charge in [-0.05, 0) is 24.3 Å². The number of aromatic amines is 2. The number of primary amides is 1. The predicted molar refractivity (Wildman–Crippen MR) is 91.7 cm³/mol. The number of ether oxygens (including phenoxy) is 1. The lowest BCUT2D eigenvalue weighted by Crippen LogP contribution is -2.19. The first-order valence-electron chi connectivity index (χ1n) is 7.31. The fourth-order valence-electron chi connectivity index (χ4n) is 2.58. The number of rotatable bonds is 3. The van der Waals surface area contributed by atoms with Crippen molar-refractivity contribution < 1.29 is 9.53 Å². The molecule has 4 aromatic rings. The van der Waals surface area contributed by atoms with Crippen LogP contribution in [0, 0.1) is 0 Å². The number of nitrogens with two attached hydrogens (primary N) is 1. The Balaban J connectivity index is 1.84. The Morgan fingerprint density at radius 1 is 1.08 bits per heavy atom. The molecule has 4 rings (SSSR count). The molecule has 0 atom stereocenters.